The maximum atomic E-state index is 12.5. The lowest BCUT2D eigenvalue weighted by Gasteiger charge is -2.09. The van der Waals surface area contributed by atoms with Crippen molar-refractivity contribution >= 4 is 39.7 Å². The minimum absolute atomic E-state index is 0.159. The third kappa shape index (κ3) is 10.3. The van der Waals surface area contributed by atoms with Gasteiger partial charge in [-0.1, -0.05) is 76.1 Å². The molecule has 34 heavy (non-hydrogen) atoms. The molecule has 6 heteroatoms. The van der Waals surface area contributed by atoms with Gasteiger partial charge in [-0.25, -0.2) is 13.2 Å². The Kier molecular flexibility index (Phi) is 12.2. The monoisotopic (exact) mass is 500 g/mol. The zero-order valence-corrected chi connectivity index (χ0v) is 21.9. The van der Waals surface area contributed by atoms with Crippen LogP contribution in [0.15, 0.2) is 71.0 Å². The van der Waals surface area contributed by atoms with Crippen molar-refractivity contribution in [2.45, 2.75) is 55.7 Å². The van der Waals surface area contributed by atoms with E-state index in [9.17, 15) is 13.2 Å². The standard InChI is InChI=1S/C28H36O4S2/c1-4-23(3)22-34(30,31)27-18-14-25(15-19-27)11-10-24-12-16-26(17-13-24)33-21-9-7-6-8-20-32-28(29)5-2/h5,10-19,23H,2,4,6-9,20-22H2,1,3H3/t23-/m1/s1. The number of carbonyl (C=O) groups is 1. The van der Waals surface area contributed by atoms with Crippen molar-refractivity contribution in [3.8, 4) is 0 Å². The molecule has 2 rings (SSSR count). The topological polar surface area (TPSA) is 60.4 Å². The number of hydrogen-bond acceptors (Lipinski definition) is 5. The van der Waals surface area contributed by atoms with Gasteiger partial charge in [-0.05, 0) is 59.9 Å². The molecule has 0 heterocycles. The van der Waals surface area contributed by atoms with Crippen molar-refractivity contribution in [3.63, 3.8) is 0 Å². The van der Waals surface area contributed by atoms with Crippen LogP contribution >= 0.6 is 11.8 Å². The van der Waals surface area contributed by atoms with Gasteiger partial charge < -0.3 is 4.74 Å². The van der Waals surface area contributed by atoms with Crippen molar-refractivity contribution in [3.05, 3.63) is 72.3 Å². The van der Waals surface area contributed by atoms with E-state index in [1.807, 2.05) is 49.9 Å². The summed E-state index contributed by atoms with van der Waals surface area (Å²) in [6.07, 6.45) is 10.3. The Labute approximate surface area is 209 Å². The molecule has 0 aliphatic carbocycles. The number of hydrogen-bond donors (Lipinski definition) is 0. The molecule has 0 aliphatic rings. The van der Waals surface area contributed by atoms with E-state index in [2.05, 4.69) is 30.8 Å². The van der Waals surface area contributed by atoms with Crippen molar-refractivity contribution in [2.24, 2.45) is 5.92 Å². The van der Waals surface area contributed by atoms with Gasteiger partial charge in [0.25, 0.3) is 0 Å². The number of carbonyl (C=O) groups excluding carboxylic acids is 1. The molecule has 184 valence electrons. The average Bonchev–Trinajstić information content (AvgIpc) is 2.84. The zero-order valence-electron chi connectivity index (χ0n) is 20.2. The van der Waals surface area contributed by atoms with Crippen molar-refractivity contribution in [1.82, 2.24) is 0 Å². The summed E-state index contributed by atoms with van der Waals surface area (Å²) >= 11 is 1.85. The minimum atomic E-state index is -3.23. The molecular weight excluding hydrogens is 464 g/mol. The van der Waals surface area contributed by atoms with Gasteiger partial charge in [0.05, 0.1) is 17.3 Å². The van der Waals surface area contributed by atoms with E-state index < -0.39 is 9.84 Å². The van der Waals surface area contributed by atoms with Crippen LogP contribution in [0.4, 0.5) is 0 Å². The van der Waals surface area contributed by atoms with Crippen LogP contribution in [0.5, 0.6) is 0 Å². The van der Waals surface area contributed by atoms with Crippen LogP contribution in [0, 0.1) is 5.92 Å². The summed E-state index contributed by atoms with van der Waals surface area (Å²) in [5, 5.41) is 0. The molecule has 2 aromatic rings. The molecule has 4 nitrogen and oxygen atoms in total. The molecule has 2 aromatic carbocycles. The Morgan fingerprint density at radius 1 is 0.971 bits per heavy atom. The highest BCUT2D eigenvalue weighted by atomic mass is 32.2. The first kappa shape index (κ1) is 27.9. The van der Waals surface area contributed by atoms with Crippen LogP contribution in [0.25, 0.3) is 12.2 Å². The molecule has 0 N–H and O–H groups in total. The van der Waals surface area contributed by atoms with Gasteiger partial charge in [-0.3, -0.25) is 0 Å². The first-order chi connectivity index (χ1) is 16.3. The number of sulfone groups is 1. The Morgan fingerprint density at radius 3 is 2.15 bits per heavy atom. The maximum Gasteiger partial charge on any atom is 0.330 e. The van der Waals surface area contributed by atoms with Gasteiger partial charge in [0.1, 0.15) is 0 Å². The maximum absolute atomic E-state index is 12.5. The predicted octanol–water partition coefficient (Wildman–Crippen LogP) is 7.06. The summed E-state index contributed by atoms with van der Waals surface area (Å²) in [7, 11) is -3.23. The number of unbranched alkanes of at least 4 members (excludes halogenated alkanes) is 3. The molecule has 0 saturated carbocycles. The van der Waals surface area contributed by atoms with E-state index >= 15 is 0 Å². The van der Waals surface area contributed by atoms with E-state index in [1.54, 1.807) is 12.1 Å². The van der Waals surface area contributed by atoms with E-state index in [0.29, 0.717) is 11.5 Å². The van der Waals surface area contributed by atoms with Gasteiger partial charge in [0.2, 0.25) is 0 Å². The highest BCUT2D eigenvalue weighted by Crippen LogP contribution is 2.22. The summed E-state index contributed by atoms with van der Waals surface area (Å²) in [5.74, 6) is 1.06. The fourth-order valence-electron chi connectivity index (χ4n) is 3.22. The van der Waals surface area contributed by atoms with Gasteiger partial charge in [-0.15, -0.1) is 11.8 Å². The lowest BCUT2D eigenvalue weighted by Crippen LogP contribution is -2.13. The van der Waals surface area contributed by atoms with Crippen LogP contribution in [0.3, 0.4) is 0 Å². The van der Waals surface area contributed by atoms with Crippen molar-refractivity contribution in [2.75, 3.05) is 18.1 Å². The summed E-state index contributed by atoms with van der Waals surface area (Å²) in [6.45, 7) is 7.82. The van der Waals surface area contributed by atoms with E-state index in [4.69, 9.17) is 4.74 Å². The molecule has 1 atom stereocenters. The number of ether oxygens (including phenoxy) is 1. The summed E-state index contributed by atoms with van der Waals surface area (Å²) in [4.78, 5) is 12.6. The van der Waals surface area contributed by atoms with Crippen LogP contribution in [-0.4, -0.2) is 32.5 Å². The van der Waals surface area contributed by atoms with Gasteiger partial charge >= 0.3 is 5.97 Å². The Balaban J connectivity index is 1.74. The molecule has 0 fully saturated rings. The molecule has 0 amide bonds. The fourth-order valence-corrected chi connectivity index (χ4v) is 5.86. The molecule has 0 unspecified atom stereocenters. The van der Waals surface area contributed by atoms with Crippen LogP contribution in [0.2, 0.25) is 0 Å². The van der Waals surface area contributed by atoms with E-state index in [1.165, 1.54) is 11.0 Å². The van der Waals surface area contributed by atoms with Gasteiger partial charge in [0, 0.05) is 11.0 Å². The second kappa shape index (κ2) is 14.8. The summed E-state index contributed by atoms with van der Waals surface area (Å²) in [5.41, 5.74) is 2.08. The first-order valence-corrected chi connectivity index (χ1v) is 14.5. The molecule has 0 bridgehead atoms. The fraction of sp³-hybridized carbons (Fsp3) is 0.393. The summed E-state index contributed by atoms with van der Waals surface area (Å²) < 4.78 is 29.9. The van der Waals surface area contributed by atoms with Crippen LogP contribution < -0.4 is 0 Å². The third-order valence-electron chi connectivity index (χ3n) is 5.51. The smallest absolute Gasteiger partial charge is 0.330 e. The number of benzene rings is 2. The lowest BCUT2D eigenvalue weighted by molar-refractivity contribution is -0.137. The third-order valence-corrected chi connectivity index (χ3v) is 8.60. The van der Waals surface area contributed by atoms with Crippen LogP contribution in [-0.2, 0) is 19.4 Å². The largest absolute Gasteiger partial charge is 0.463 e. The predicted molar refractivity (Wildman–Crippen MR) is 144 cm³/mol. The number of rotatable bonds is 15. The van der Waals surface area contributed by atoms with Gasteiger partial charge in [-0.2, -0.15) is 0 Å². The van der Waals surface area contributed by atoms with E-state index in [-0.39, 0.29) is 17.6 Å². The van der Waals surface area contributed by atoms with Crippen LogP contribution in [0.1, 0.15) is 57.1 Å². The number of thioether (sulfide) groups is 1. The minimum Gasteiger partial charge on any atom is -0.463 e. The SMILES string of the molecule is C=CC(=O)OCCCCCCSc1ccc(C=Cc2ccc(S(=O)(=O)C[C@H](C)CC)cc2)cc1. The highest BCUT2D eigenvalue weighted by Gasteiger charge is 2.17. The van der Waals surface area contributed by atoms with Gasteiger partial charge in [0.15, 0.2) is 9.84 Å². The molecule has 0 spiro atoms. The zero-order chi connectivity index (χ0) is 24.8. The molecule has 0 radical (unpaired) electrons. The Hall–Kier alpha value is -2.31. The quantitative estimate of drug-likeness (QED) is 0.0861. The average molecular weight is 501 g/mol. The molecule has 0 saturated heterocycles. The van der Waals surface area contributed by atoms with E-state index in [0.717, 1.165) is 49.0 Å². The number of esters is 1. The van der Waals surface area contributed by atoms with Crippen molar-refractivity contribution in [1.29, 1.82) is 0 Å². The second-order valence-corrected chi connectivity index (χ2v) is 11.6. The molecule has 0 aliphatic heterocycles. The summed E-state index contributed by atoms with van der Waals surface area (Å²) in [6, 6.07) is 15.6. The molecule has 0 aromatic heterocycles. The Bertz CT molecular complexity index is 1020. The lowest BCUT2D eigenvalue weighted by atomic mass is 10.1. The Morgan fingerprint density at radius 2 is 1.56 bits per heavy atom. The second-order valence-electron chi connectivity index (χ2n) is 8.40. The normalized spacial score (nSPS) is 12.5. The highest BCUT2D eigenvalue weighted by molar-refractivity contribution is 7.99. The first-order valence-electron chi connectivity index (χ1n) is 11.9. The van der Waals surface area contributed by atoms with Crippen molar-refractivity contribution < 1.29 is 17.9 Å². The molecular formula is C28H36O4S2.